The van der Waals surface area contributed by atoms with Gasteiger partial charge in [-0.25, -0.2) is 9.98 Å². The maximum Gasteiger partial charge on any atom is 0.191 e. The van der Waals surface area contributed by atoms with Crippen molar-refractivity contribution in [3.63, 3.8) is 0 Å². The second-order valence-corrected chi connectivity index (χ2v) is 6.22. The SMILES string of the molecule is CCCCOCCCNC(=NCc1ncc(CC)s1)NCC.I. The van der Waals surface area contributed by atoms with Crippen LogP contribution in [0.3, 0.4) is 0 Å². The molecule has 5 nitrogen and oxygen atoms in total. The largest absolute Gasteiger partial charge is 0.381 e. The topological polar surface area (TPSA) is 58.5 Å². The first kappa shape index (κ1) is 22.6. The molecule has 0 spiro atoms. The number of hydrogen-bond acceptors (Lipinski definition) is 4. The Kier molecular flexibility index (Phi) is 14.9. The molecule has 1 rings (SSSR count). The number of aromatic nitrogens is 1. The van der Waals surface area contributed by atoms with Crippen molar-refractivity contribution in [2.45, 2.75) is 53.0 Å². The maximum absolute atomic E-state index is 5.55. The van der Waals surface area contributed by atoms with Crippen LogP contribution in [0.1, 0.15) is 49.9 Å². The molecule has 0 atom stereocenters. The number of unbranched alkanes of at least 4 members (excludes halogenated alkanes) is 1. The highest BCUT2D eigenvalue weighted by Gasteiger charge is 2.01. The molecule has 0 radical (unpaired) electrons. The predicted molar refractivity (Wildman–Crippen MR) is 110 cm³/mol. The fourth-order valence-electron chi connectivity index (χ4n) is 1.80. The van der Waals surface area contributed by atoms with Crippen LogP contribution in [-0.4, -0.2) is 37.2 Å². The van der Waals surface area contributed by atoms with Crippen molar-refractivity contribution in [3.8, 4) is 0 Å². The van der Waals surface area contributed by atoms with E-state index in [4.69, 9.17) is 4.74 Å². The number of hydrogen-bond donors (Lipinski definition) is 2. The first-order chi connectivity index (χ1) is 10.8. The van der Waals surface area contributed by atoms with E-state index in [1.165, 1.54) is 11.3 Å². The van der Waals surface area contributed by atoms with E-state index in [1.807, 2.05) is 6.20 Å². The molecule has 1 aromatic rings. The average Bonchev–Trinajstić information content (AvgIpc) is 2.99. The monoisotopic (exact) mass is 454 g/mol. The summed E-state index contributed by atoms with van der Waals surface area (Å²) >= 11 is 1.74. The highest BCUT2D eigenvalue weighted by Crippen LogP contribution is 2.13. The molecule has 0 bridgehead atoms. The smallest absolute Gasteiger partial charge is 0.191 e. The number of nitrogens with zero attached hydrogens (tertiary/aromatic N) is 2. The number of ether oxygens (including phenoxy) is 1. The summed E-state index contributed by atoms with van der Waals surface area (Å²) in [4.78, 5) is 10.3. The zero-order valence-electron chi connectivity index (χ0n) is 14.6. The van der Waals surface area contributed by atoms with Crippen LogP contribution in [0.5, 0.6) is 0 Å². The normalized spacial score (nSPS) is 11.2. The van der Waals surface area contributed by atoms with Gasteiger partial charge in [0.05, 0.1) is 6.54 Å². The second kappa shape index (κ2) is 15.1. The summed E-state index contributed by atoms with van der Waals surface area (Å²) in [7, 11) is 0. The Morgan fingerprint density at radius 1 is 1.22 bits per heavy atom. The third-order valence-corrected chi connectivity index (χ3v) is 4.19. The van der Waals surface area contributed by atoms with Crippen LogP contribution >= 0.6 is 35.3 Å². The summed E-state index contributed by atoms with van der Waals surface area (Å²) in [5.74, 6) is 0.851. The molecular formula is C16H31IN4OS. The van der Waals surface area contributed by atoms with Gasteiger partial charge in [0.2, 0.25) is 0 Å². The van der Waals surface area contributed by atoms with Gasteiger partial charge in [0.15, 0.2) is 5.96 Å². The average molecular weight is 454 g/mol. The van der Waals surface area contributed by atoms with Crippen LogP contribution in [0.25, 0.3) is 0 Å². The third-order valence-electron chi connectivity index (χ3n) is 3.07. The number of guanidine groups is 1. The van der Waals surface area contributed by atoms with Crippen molar-refractivity contribution in [1.29, 1.82) is 0 Å². The lowest BCUT2D eigenvalue weighted by Crippen LogP contribution is -2.38. The van der Waals surface area contributed by atoms with E-state index < -0.39 is 0 Å². The Labute approximate surface area is 161 Å². The standard InChI is InChI=1S/C16H30N4OS.HI/c1-4-7-10-21-11-8-9-18-16(17-6-3)20-13-15-19-12-14(5-2)22-15;/h12H,4-11,13H2,1-3H3,(H2,17,18,20);1H. The van der Waals surface area contributed by atoms with Gasteiger partial charge in [-0.2, -0.15) is 0 Å². The van der Waals surface area contributed by atoms with Gasteiger partial charge in [0.25, 0.3) is 0 Å². The summed E-state index contributed by atoms with van der Waals surface area (Å²) in [6.07, 6.45) is 6.31. The number of halogens is 1. The fourth-order valence-corrected chi connectivity index (χ4v) is 2.59. The summed E-state index contributed by atoms with van der Waals surface area (Å²) in [6, 6.07) is 0. The minimum Gasteiger partial charge on any atom is -0.381 e. The quantitative estimate of drug-likeness (QED) is 0.232. The number of nitrogens with one attached hydrogen (secondary N) is 2. The van der Waals surface area contributed by atoms with E-state index in [9.17, 15) is 0 Å². The van der Waals surface area contributed by atoms with E-state index in [0.717, 1.165) is 56.5 Å². The van der Waals surface area contributed by atoms with Crippen molar-refractivity contribution in [2.24, 2.45) is 4.99 Å². The Bertz CT molecular complexity index is 426. The summed E-state index contributed by atoms with van der Waals surface area (Å²) in [6.45, 7) is 10.4. The summed E-state index contributed by atoms with van der Waals surface area (Å²) in [5, 5.41) is 7.66. The van der Waals surface area contributed by atoms with Gasteiger partial charge < -0.3 is 15.4 Å². The van der Waals surface area contributed by atoms with Gasteiger partial charge in [-0.1, -0.05) is 20.3 Å². The molecule has 0 aliphatic carbocycles. The number of thiazole rings is 1. The fraction of sp³-hybridized carbons (Fsp3) is 0.750. The molecule has 0 unspecified atom stereocenters. The Morgan fingerprint density at radius 3 is 2.65 bits per heavy atom. The van der Waals surface area contributed by atoms with Crippen molar-refractivity contribution in [3.05, 3.63) is 16.1 Å². The lowest BCUT2D eigenvalue weighted by molar-refractivity contribution is 0.129. The van der Waals surface area contributed by atoms with Crippen LogP contribution in [0.15, 0.2) is 11.2 Å². The lowest BCUT2D eigenvalue weighted by Gasteiger charge is -2.11. The van der Waals surface area contributed by atoms with Crippen LogP contribution in [0, 0.1) is 0 Å². The molecule has 0 amide bonds. The second-order valence-electron chi connectivity index (χ2n) is 5.02. The molecule has 7 heteroatoms. The minimum absolute atomic E-state index is 0. The number of rotatable bonds is 11. The van der Waals surface area contributed by atoms with Gasteiger partial charge in [0.1, 0.15) is 5.01 Å². The van der Waals surface area contributed by atoms with Crippen LogP contribution in [0.2, 0.25) is 0 Å². The molecule has 2 N–H and O–H groups in total. The molecule has 0 saturated carbocycles. The van der Waals surface area contributed by atoms with Crippen LogP contribution in [0.4, 0.5) is 0 Å². The van der Waals surface area contributed by atoms with Crippen LogP contribution in [-0.2, 0) is 17.7 Å². The van der Waals surface area contributed by atoms with Gasteiger partial charge >= 0.3 is 0 Å². The van der Waals surface area contributed by atoms with E-state index in [2.05, 4.69) is 41.4 Å². The molecule has 0 fully saturated rings. The minimum atomic E-state index is 0. The van der Waals surface area contributed by atoms with Crippen LogP contribution < -0.4 is 10.6 Å². The first-order valence-corrected chi connectivity index (χ1v) is 9.15. The van der Waals surface area contributed by atoms with Gasteiger partial charge in [0, 0.05) is 37.4 Å². The molecule has 1 heterocycles. The maximum atomic E-state index is 5.55. The Hall–Kier alpha value is -0.410. The molecule has 0 aliphatic heterocycles. The summed E-state index contributed by atoms with van der Waals surface area (Å²) in [5.41, 5.74) is 0. The Morgan fingerprint density at radius 2 is 2.00 bits per heavy atom. The zero-order valence-corrected chi connectivity index (χ0v) is 17.7. The molecule has 0 aliphatic rings. The zero-order chi connectivity index (χ0) is 16.0. The van der Waals surface area contributed by atoms with Gasteiger partial charge in [-0.15, -0.1) is 35.3 Å². The van der Waals surface area contributed by atoms with Gasteiger partial charge in [-0.05, 0) is 26.2 Å². The molecule has 0 aromatic carbocycles. The highest BCUT2D eigenvalue weighted by atomic mass is 127. The predicted octanol–water partition coefficient (Wildman–Crippen LogP) is 3.59. The molecule has 0 saturated heterocycles. The van der Waals surface area contributed by atoms with E-state index in [-0.39, 0.29) is 24.0 Å². The van der Waals surface area contributed by atoms with E-state index >= 15 is 0 Å². The number of aliphatic imine (C=N–C) groups is 1. The molecule has 1 aromatic heterocycles. The number of aryl methyl sites for hydroxylation is 1. The van der Waals surface area contributed by atoms with Crippen molar-refractivity contribution >= 4 is 41.3 Å². The first-order valence-electron chi connectivity index (χ1n) is 8.33. The summed E-state index contributed by atoms with van der Waals surface area (Å²) < 4.78 is 5.55. The lowest BCUT2D eigenvalue weighted by atomic mass is 10.4. The van der Waals surface area contributed by atoms with E-state index in [0.29, 0.717) is 6.54 Å². The molecular weight excluding hydrogens is 423 g/mol. The Balaban J connectivity index is 0.00000484. The molecule has 23 heavy (non-hydrogen) atoms. The van der Waals surface area contributed by atoms with E-state index in [1.54, 1.807) is 11.3 Å². The molecule has 134 valence electrons. The van der Waals surface area contributed by atoms with Gasteiger partial charge in [-0.3, -0.25) is 0 Å². The third kappa shape index (κ3) is 10.9. The van der Waals surface area contributed by atoms with Crippen molar-refractivity contribution in [1.82, 2.24) is 15.6 Å². The van der Waals surface area contributed by atoms with Crippen molar-refractivity contribution < 1.29 is 4.74 Å². The van der Waals surface area contributed by atoms with Crippen molar-refractivity contribution in [2.75, 3.05) is 26.3 Å². The highest BCUT2D eigenvalue weighted by molar-refractivity contribution is 14.0.